The highest BCUT2D eigenvalue weighted by Crippen LogP contribution is 2.32. The molecule has 0 N–H and O–H groups in total. The topological polar surface area (TPSA) is 67.1 Å². The van der Waals surface area contributed by atoms with Crippen molar-refractivity contribution >= 4 is 39.1 Å². The lowest BCUT2D eigenvalue weighted by molar-refractivity contribution is 0.0382. The summed E-state index contributed by atoms with van der Waals surface area (Å²) in [5.41, 5.74) is 10.8. The normalized spacial score (nSPS) is 17.8. The van der Waals surface area contributed by atoms with E-state index in [0.29, 0.717) is 11.2 Å². The Labute approximate surface area is 326 Å². The SMILES string of the molecule is Cc1cc2c(cc(CCN3CCOCC3)n2C)c(-c2ccc(N3CCN(C(C)C)CC3)cc2)n1.Cc1cc2c(cc(CCN3CCOCC3)n2C)c(Cl)n1. The highest BCUT2D eigenvalue weighted by atomic mass is 35.5. The van der Waals surface area contributed by atoms with Crippen LogP contribution in [0.25, 0.3) is 33.1 Å². The lowest BCUT2D eigenvalue weighted by Gasteiger charge is -2.38. The molecule has 0 radical (unpaired) electrons. The first kappa shape index (κ1) is 38.8. The summed E-state index contributed by atoms with van der Waals surface area (Å²) in [6.45, 7) is 22.8. The quantitative estimate of drug-likeness (QED) is 0.161. The molecule has 7 heterocycles. The van der Waals surface area contributed by atoms with E-state index in [0.717, 1.165) is 127 Å². The van der Waals surface area contributed by atoms with E-state index in [1.54, 1.807) is 0 Å². The lowest BCUT2D eigenvalue weighted by atomic mass is 10.1. The van der Waals surface area contributed by atoms with Gasteiger partial charge in [0.1, 0.15) is 5.15 Å². The maximum absolute atomic E-state index is 6.25. The van der Waals surface area contributed by atoms with Crippen LogP contribution in [0.5, 0.6) is 0 Å². The Kier molecular flexibility index (Phi) is 12.6. The molecule has 0 bridgehead atoms. The number of aryl methyl sites for hydroxylation is 4. The van der Waals surface area contributed by atoms with Crippen molar-refractivity contribution in [1.29, 1.82) is 0 Å². The molecule has 3 saturated heterocycles. The third kappa shape index (κ3) is 8.96. The number of rotatable bonds is 9. The van der Waals surface area contributed by atoms with Crippen LogP contribution in [0.3, 0.4) is 0 Å². The number of fused-ring (bicyclic) bond motifs is 2. The van der Waals surface area contributed by atoms with Crippen molar-refractivity contribution < 1.29 is 9.47 Å². The maximum Gasteiger partial charge on any atom is 0.138 e. The number of nitrogens with zero attached hydrogens (tertiary/aromatic N) is 8. The van der Waals surface area contributed by atoms with Gasteiger partial charge in [0.15, 0.2) is 0 Å². The van der Waals surface area contributed by atoms with Crippen LogP contribution >= 0.6 is 11.6 Å². The number of aromatic nitrogens is 4. The maximum atomic E-state index is 6.25. The first-order valence-electron chi connectivity index (χ1n) is 19.9. The van der Waals surface area contributed by atoms with Crippen molar-refractivity contribution in [1.82, 2.24) is 33.8 Å². The Hall–Kier alpha value is -3.51. The minimum Gasteiger partial charge on any atom is -0.379 e. The van der Waals surface area contributed by atoms with Gasteiger partial charge in [-0.05, 0) is 64.1 Å². The average Bonchev–Trinajstić information content (AvgIpc) is 3.68. The average molecular weight is 755 g/mol. The van der Waals surface area contributed by atoms with Gasteiger partial charge in [-0.2, -0.15) is 0 Å². The summed E-state index contributed by atoms with van der Waals surface area (Å²) >= 11 is 6.25. The molecule has 0 unspecified atom stereocenters. The second-order valence-corrected chi connectivity index (χ2v) is 15.9. The van der Waals surface area contributed by atoms with Crippen molar-refractivity contribution in [2.45, 2.75) is 46.6 Å². The molecule has 3 fully saturated rings. The molecule has 0 aliphatic carbocycles. The summed E-state index contributed by atoms with van der Waals surface area (Å²) in [5, 5.41) is 2.91. The van der Waals surface area contributed by atoms with E-state index in [1.807, 2.05) is 6.92 Å². The van der Waals surface area contributed by atoms with Gasteiger partial charge in [0.2, 0.25) is 0 Å². The molecule has 290 valence electrons. The molecule has 54 heavy (non-hydrogen) atoms. The summed E-state index contributed by atoms with van der Waals surface area (Å²) in [5.74, 6) is 0. The Morgan fingerprint density at radius 1 is 0.648 bits per heavy atom. The van der Waals surface area contributed by atoms with Crippen molar-refractivity contribution in [3.05, 3.63) is 76.5 Å². The molecule has 3 aliphatic rings. The van der Waals surface area contributed by atoms with E-state index in [2.05, 4.69) is 117 Å². The molecule has 11 heteroatoms. The summed E-state index contributed by atoms with van der Waals surface area (Å²) in [7, 11) is 4.30. The fourth-order valence-corrected chi connectivity index (χ4v) is 8.47. The summed E-state index contributed by atoms with van der Waals surface area (Å²) in [6, 6.07) is 18.5. The minimum atomic E-state index is 0.605. The Morgan fingerprint density at radius 2 is 1.15 bits per heavy atom. The second-order valence-electron chi connectivity index (χ2n) is 15.5. The van der Waals surface area contributed by atoms with Gasteiger partial charge in [0.05, 0.1) is 43.2 Å². The third-order valence-corrected chi connectivity index (χ3v) is 11.9. The van der Waals surface area contributed by atoms with Crippen molar-refractivity contribution in [3.8, 4) is 11.3 Å². The number of hydrogen-bond acceptors (Lipinski definition) is 8. The van der Waals surface area contributed by atoms with Gasteiger partial charge in [-0.25, -0.2) is 4.98 Å². The van der Waals surface area contributed by atoms with Crippen molar-refractivity contribution in [2.24, 2.45) is 14.1 Å². The van der Waals surface area contributed by atoms with Gasteiger partial charge >= 0.3 is 0 Å². The standard InChI is InChI=1S/C28H39N5O.C15H20ClN3O/c1-21(2)32-11-13-33(14-12-32)24-7-5-23(6-8-24)28-26-20-25(9-10-31-15-17-34-18-16-31)30(4)27(26)19-22(3)29-28;1-11-9-14-13(15(16)17-11)10-12(18(14)2)3-4-19-5-7-20-8-6-19/h5-8,19-21H,9-18H2,1-4H3;9-10H,3-8H2,1-2H3. The Balaban J connectivity index is 0.000000191. The number of morpholine rings is 2. The summed E-state index contributed by atoms with van der Waals surface area (Å²) in [4.78, 5) is 19.3. The van der Waals surface area contributed by atoms with E-state index in [1.165, 1.54) is 39.1 Å². The summed E-state index contributed by atoms with van der Waals surface area (Å²) in [6.07, 6.45) is 2.07. The zero-order chi connectivity index (χ0) is 37.8. The Morgan fingerprint density at radius 3 is 1.69 bits per heavy atom. The van der Waals surface area contributed by atoms with Crippen LogP contribution in [0, 0.1) is 13.8 Å². The number of pyridine rings is 2. The van der Waals surface area contributed by atoms with Gasteiger partial charge in [-0.3, -0.25) is 19.7 Å². The molecule has 8 rings (SSSR count). The fourth-order valence-electron chi connectivity index (χ4n) is 8.18. The monoisotopic (exact) mass is 754 g/mol. The molecular formula is C43H59ClN8O2. The highest BCUT2D eigenvalue weighted by Gasteiger charge is 2.20. The van der Waals surface area contributed by atoms with E-state index in [9.17, 15) is 0 Å². The van der Waals surface area contributed by atoms with Gasteiger partial charge in [0, 0.05) is 143 Å². The smallest absolute Gasteiger partial charge is 0.138 e. The lowest BCUT2D eigenvalue weighted by Crippen LogP contribution is -2.48. The highest BCUT2D eigenvalue weighted by molar-refractivity contribution is 6.34. The van der Waals surface area contributed by atoms with E-state index in [4.69, 9.17) is 26.1 Å². The first-order chi connectivity index (χ1) is 26.1. The van der Waals surface area contributed by atoms with Gasteiger partial charge in [0.25, 0.3) is 0 Å². The van der Waals surface area contributed by atoms with Gasteiger partial charge in [-0.15, -0.1) is 0 Å². The molecule has 5 aromatic rings. The van der Waals surface area contributed by atoms with E-state index < -0.39 is 0 Å². The number of benzene rings is 1. The largest absolute Gasteiger partial charge is 0.379 e. The Bertz CT molecular complexity index is 2000. The van der Waals surface area contributed by atoms with Crippen LogP contribution in [0.15, 0.2) is 48.5 Å². The van der Waals surface area contributed by atoms with Crippen LogP contribution in [0.4, 0.5) is 5.69 Å². The van der Waals surface area contributed by atoms with Crippen molar-refractivity contribution in [3.63, 3.8) is 0 Å². The second kappa shape index (κ2) is 17.5. The minimum absolute atomic E-state index is 0.605. The number of hydrogen-bond donors (Lipinski definition) is 0. The van der Waals surface area contributed by atoms with Crippen LogP contribution in [0.1, 0.15) is 36.6 Å². The van der Waals surface area contributed by atoms with Crippen LogP contribution in [-0.4, -0.2) is 132 Å². The van der Waals surface area contributed by atoms with E-state index in [-0.39, 0.29) is 0 Å². The molecule has 0 spiro atoms. The number of anilines is 1. The zero-order valence-electron chi connectivity index (χ0n) is 33.3. The molecule has 0 amide bonds. The molecule has 4 aromatic heterocycles. The third-order valence-electron chi connectivity index (χ3n) is 11.6. The van der Waals surface area contributed by atoms with Gasteiger partial charge in [-0.1, -0.05) is 23.7 Å². The number of ether oxygens (including phenoxy) is 2. The molecule has 3 aliphatic heterocycles. The van der Waals surface area contributed by atoms with Crippen molar-refractivity contribution in [2.75, 3.05) is 96.8 Å². The number of halogens is 1. The summed E-state index contributed by atoms with van der Waals surface area (Å²) < 4.78 is 15.5. The van der Waals surface area contributed by atoms with Gasteiger partial charge < -0.3 is 23.5 Å². The molecule has 10 nitrogen and oxygen atoms in total. The number of piperazine rings is 1. The predicted octanol–water partition coefficient (Wildman–Crippen LogP) is 6.36. The fraction of sp³-hybridized carbons (Fsp3) is 0.535. The molecule has 1 aromatic carbocycles. The molecule has 0 atom stereocenters. The van der Waals surface area contributed by atoms with Crippen LogP contribution in [-0.2, 0) is 36.4 Å². The molecule has 0 saturated carbocycles. The van der Waals surface area contributed by atoms with Crippen LogP contribution < -0.4 is 4.90 Å². The predicted molar refractivity (Wildman–Crippen MR) is 222 cm³/mol. The molecular weight excluding hydrogens is 696 g/mol. The van der Waals surface area contributed by atoms with E-state index >= 15 is 0 Å². The zero-order valence-corrected chi connectivity index (χ0v) is 34.0. The first-order valence-corrected chi connectivity index (χ1v) is 20.3. The van der Waals surface area contributed by atoms with Crippen LogP contribution in [0.2, 0.25) is 5.15 Å².